The molecule has 3 heterocycles. The molecule has 7 nitrogen and oxygen atoms in total. The lowest BCUT2D eigenvalue weighted by Crippen LogP contribution is -2.16. The molecule has 0 aliphatic rings. The lowest BCUT2D eigenvalue weighted by molar-refractivity contribution is 0.101. The Bertz CT molecular complexity index is 812. The highest BCUT2D eigenvalue weighted by atomic mass is 32.1. The van der Waals surface area contributed by atoms with Gasteiger partial charge in [-0.2, -0.15) is 0 Å². The zero-order chi connectivity index (χ0) is 17.1. The van der Waals surface area contributed by atoms with E-state index in [0.29, 0.717) is 15.8 Å². The van der Waals surface area contributed by atoms with E-state index < -0.39 is 0 Å². The van der Waals surface area contributed by atoms with Crippen LogP contribution in [0, 0.1) is 13.8 Å². The van der Waals surface area contributed by atoms with Gasteiger partial charge >= 0.3 is 0 Å². The number of aromatic nitrogens is 3. The average molecular weight is 359 g/mol. The van der Waals surface area contributed by atoms with E-state index in [4.69, 9.17) is 0 Å². The second kappa shape index (κ2) is 6.85. The molecular weight excluding hydrogens is 346 g/mol. The third-order valence-corrected chi connectivity index (χ3v) is 4.69. The molecule has 0 aliphatic carbocycles. The monoisotopic (exact) mass is 359 g/mol. The van der Waals surface area contributed by atoms with Crippen LogP contribution in [0.5, 0.6) is 0 Å². The first-order valence-corrected chi connectivity index (χ1v) is 8.70. The smallest absolute Gasteiger partial charge is 0.276 e. The molecule has 3 aromatic rings. The van der Waals surface area contributed by atoms with Gasteiger partial charge in [-0.3, -0.25) is 25.2 Å². The van der Waals surface area contributed by atoms with Gasteiger partial charge in [0.25, 0.3) is 11.8 Å². The van der Waals surface area contributed by atoms with Gasteiger partial charge in [-0.1, -0.05) is 0 Å². The van der Waals surface area contributed by atoms with Crippen molar-refractivity contribution in [3.63, 3.8) is 0 Å². The van der Waals surface area contributed by atoms with Crippen LogP contribution in [0.1, 0.15) is 32.2 Å². The minimum atomic E-state index is -0.369. The summed E-state index contributed by atoms with van der Waals surface area (Å²) in [6.07, 6.45) is 1.36. The molecule has 2 N–H and O–H groups in total. The van der Waals surface area contributed by atoms with Crippen molar-refractivity contribution in [3.05, 3.63) is 51.7 Å². The van der Waals surface area contributed by atoms with Gasteiger partial charge in [-0.25, -0.2) is 9.97 Å². The zero-order valence-electron chi connectivity index (χ0n) is 12.9. The number of rotatable bonds is 4. The number of carbonyl (C=O) groups is 2. The van der Waals surface area contributed by atoms with Gasteiger partial charge in [0.05, 0.1) is 17.0 Å². The SMILES string of the molecule is Cc1csc(NC(=O)c2ccc(C(=O)Nc3nc(C)cs3)nc2)n1. The van der Waals surface area contributed by atoms with Crippen LogP contribution < -0.4 is 10.6 Å². The number of amides is 2. The number of thiazole rings is 2. The molecule has 0 radical (unpaired) electrons. The second-order valence-corrected chi connectivity index (χ2v) is 6.64. The van der Waals surface area contributed by atoms with Gasteiger partial charge in [0.2, 0.25) is 0 Å². The quantitative estimate of drug-likeness (QED) is 0.746. The molecule has 2 amide bonds. The Morgan fingerprint density at radius 3 is 1.96 bits per heavy atom. The van der Waals surface area contributed by atoms with Crippen molar-refractivity contribution in [2.75, 3.05) is 10.6 Å². The molecule has 0 fully saturated rings. The number of anilines is 2. The molecule has 0 atom stereocenters. The summed E-state index contributed by atoms with van der Waals surface area (Å²) in [5.41, 5.74) is 2.25. The normalized spacial score (nSPS) is 10.4. The Kier molecular flexibility index (Phi) is 4.63. The Morgan fingerprint density at radius 1 is 0.917 bits per heavy atom. The van der Waals surface area contributed by atoms with Gasteiger partial charge in [0, 0.05) is 17.0 Å². The summed E-state index contributed by atoms with van der Waals surface area (Å²) in [7, 11) is 0. The molecule has 0 bridgehead atoms. The molecule has 0 unspecified atom stereocenters. The van der Waals surface area contributed by atoms with E-state index in [-0.39, 0.29) is 17.5 Å². The first-order chi connectivity index (χ1) is 11.5. The summed E-state index contributed by atoms with van der Waals surface area (Å²) in [5.74, 6) is -0.689. The maximum Gasteiger partial charge on any atom is 0.276 e. The van der Waals surface area contributed by atoms with Crippen LogP contribution in [0.15, 0.2) is 29.1 Å². The molecule has 3 rings (SSSR count). The Morgan fingerprint density at radius 2 is 1.50 bits per heavy atom. The topological polar surface area (TPSA) is 96.9 Å². The molecule has 0 aliphatic heterocycles. The third kappa shape index (κ3) is 3.81. The third-order valence-electron chi connectivity index (χ3n) is 2.94. The molecule has 3 aromatic heterocycles. The lowest BCUT2D eigenvalue weighted by atomic mass is 10.2. The van der Waals surface area contributed by atoms with Crippen molar-refractivity contribution in [2.24, 2.45) is 0 Å². The van der Waals surface area contributed by atoms with Crippen LogP contribution in [0.3, 0.4) is 0 Å². The fourth-order valence-electron chi connectivity index (χ4n) is 1.82. The summed E-state index contributed by atoms with van der Waals surface area (Å²) in [6, 6.07) is 3.04. The highest BCUT2D eigenvalue weighted by Crippen LogP contribution is 2.17. The minimum Gasteiger partial charge on any atom is -0.298 e. The molecule has 0 saturated carbocycles. The molecule has 122 valence electrons. The van der Waals surface area contributed by atoms with E-state index in [0.717, 1.165) is 11.4 Å². The number of hydrogen-bond acceptors (Lipinski definition) is 7. The highest BCUT2D eigenvalue weighted by molar-refractivity contribution is 7.14. The predicted octanol–water partition coefficient (Wildman–Crippen LogP) is 3.12. The number of nitrogens with one attached hydrogen (secondary N) is 2. The van der Waals surface area contributed by atoms with E-state index in [2.05, 4.69) is 25.6 Å². The fraction of sp³-hybridized carbons (Fsp3) is 0.133. The number of aryl methyl sites for hydroxylation is 2. The van der Waals surface area contributed by atoms with Crippen molar-refractivity contribution < 1.29 is 9.59 Å². The fourth-order valence-corrected chi connectivity index (χ4v) is 3.18. The van der Waals surface area contributed by atoms with Crippen molar-refractivity contribution in [3.8, 4) is 0 Å². The van der Waals surface area contributed by atoms with Crippen LogP contribution in [0.4, 0.5) is 10.3 Å². The van der Waals surface area contributed by atoms with Gasteiger partial charge in [-0.05, 0) is 26.0 Å². The summed E-state index contributed by atoms with van der Waals surface area (Å²) < 4.78 is 0. The standard InChI is InChI=1S/C15H13N5O2S2/c1-8-6-23-14(17-8)19-12(21)10-3-4-11(16-5-10)13(22)20-15-18-9(2)7-24-15/h3-7H,1-2H3,(H,17,19,21)(H,18,20,22). The Labute approximate surface area is 145 Å². The van der Waals surface area contributed by atoms with Crippen molar-refractivity contribution in [2.45, 2.75) is 13.8 Å². The maximum absolute atomic E-state index is 12.1. The van der Waals surface area contributed by atoms with E-state index in [1.807, 2.05) is 24.6 Å². The van der Waals surface area contributed by atoms with Crippen LogP contribution in [-0.4, -0.2) is 26.8 Å². The maximum atomic E-state index is 12.1. The molecule has 0 aromatic carbocycles. The molecule has 0 saturated heterocycles. The van der Waals surface area contributed by atoms with Crippen LogP contribution in [0.2, 0.25) is 0 Å². The summed E-state index contributed by atoms with van der Waals surface area (Å²) in [6.45, 7) is 3.70. The van der Waals surface area contributed by atoms with Crippen LogP contribution in [-0.2, 0) is 0 Å². The largest absolute Gasteiger partial charge is 0.298 e. The zero-order valence-corrected chi connectivity index (χ0v) is 14.5. The first kappa shape index (κ1) is 16.2. The lowest BCUT2D eigenvalue weighted by Gasteiger charge is -2.03. The van der Waals surface area contributed by atoms with Crippen LogP contribution >= 0.6 is 22.7 Å². The van der Waals surface area contributed by atoms with Crippen LogP contribution in [0.25, 0.3) is 0 Å². The number of nitrogens with zero attached hydrogens (tertiary/aromatic N) is 3. The number of pyridine rings is 1. The minimum absolute atomic E-state index is 0.212. The predicted molar refractivity (Wildman–Crippen MR) is 93.8 cm³/mol. The number of carbonyl (C=O) groups excluding carboxylic acids is 2. The van der Waals surface area contributed by atoms with Crippen molar-refractivity contribution in [1.82, 2.24) is 15.0 Å². The summed E-state index contributed by atoms with van der Waals surface area (Å²) >= 11 is 2.69. The van der Waals surface area contributed by atoms with Gasteiger partial charge in [-0.15, -0.1) is 22.7 Å². The highest BCUT2D eigenvalue weighted by Gasteiger charge is 2.13. The van der Waals surface area contributed by atoms with E-state index in [1.54, 1.807) is 6.07 Å². The van der Waals surface area contributed by atoms with Crippen molar-refractivity contribution in [1.29, 1.82) is 0 Å². The van der Waals surface area contributed by atoms with Gasteiger partial charge < -0.3 is 0 Å². The molecule has 9 heteroatoms. The van der Waals surface area contributed by atoms with Crippen molar-refractivity contribution >= 4 is 44.8 Å². The molecular formula is C15H13N5O2S2. The number of hydrogen-bond donors (Lipinski definition) is 2. The van der Waals surface area contributed by atoms with E-state index >= 15 is 0 Å². The first-order valence-electron chi connectivity index (χ1n) is 6.94. The van der Waals surface area contributed by atoms with E-state index in [1.165, 1.54) is 34.9 Å². The Balaban J connectivity index is 1.66. The average Bonchev–Trinajstić information content (AvgIpc) is 3.15. The summed E-state index contributed by atoms with van der Waals surface area (Å²) in [5, 5.41) is 10.1. The second-order valence-electron chi connectivity index (χ2n) is 4.93. The van der Waals surface area contributed by atoms with Gasteiger partial charge in [0.1, 0.15) is 5.69 Å². The molecule has 0 spiro atoms. The van der Waals surface area contributed by atoms with E-state index in [9.17, 15) is 9.59 Å². The summed E-state index contributed by atoms with van der Waals surface area (Å²) in [4.78, 5) is 36.6. The van der Waals surface area contributed by atoms with Gasteiger partial charge in [0.15, 0.2) is 10.3 Å². The Hall–Kier alpha value is -2.65. The molecule has 24 heavy (non-hydrogen) atoms.